The molecule has 0 aliphatic carbocycles. The molecule has 0 aromatic heterocycles. The van der Waals surface area contributed by atoms with Crippen LogP contribution in [0.1, 0.15) is 19.4 Å². The highest BCUT2D eigenvalue weighted by Crippen LogP contribution is 2.27. The minimum Gasteiger partial charge on any atom is -0.474 e. The first kappa shape index (κ1) is 23.6. The van der Waals surface area contributed by atoms with Crippen LogP contribution in [0.2, 0.25) is 0 Å². The van der Waals surface area contributed by atoms with Gasteiger partial charge in [0, 0.05) is 0 Å². The van der Waals surface area contributed by atoms with Crippen LogP contribution >= 0.6 is 34.8 Å². The second kappa shape index (κ2) is 9.14. The fourth-order valence-electron chi connectivity index (χ4n) is 1.73. The van der Waals surface area contributed by atoms with Gasteiger partial charge in [0.25, 0.3) is 13.8 Å². The van der Waals surface area contributed by atoms with E-state index in [-0.39, 0.29) is 11.5 Å². The molecule has 0 aliphatic rings. The maximum atomic E-state index is 12.2. The fourth-order valence-corrected chi connectivity index (χ4v) is 2.76. The molecule has 7 nitrogen and oxygen atoms in total. The maximum absolute atomic E-state index is 12.2. The van der Waals surface area contributed by atoms with Gasteiger partial charge >= 0.3 is 6.09 Å². The molecule has 1 aromatic carbocycles. The summed E-state index contributed by atoms with van der Waals surface area (Å²) in [4.78, 5) is 11.9. The number of aryl methyl sites for hydroxylation is 1. The molecule has 0 saturated carbocycles. The molecule has 27 heavy (non-hydrogen) atoms. The predicted octanol–water partition coefficient (Wildman–Crippen LogP) is 4.11. The standard InChI is InChI=1S/C16H19Cl3N2O5S/c1-11-5-7-12(8-6-11)27(23,24)21-14(22)26-15(2,3)9-4-10-25-13(20)16(17,18)19/h4-9,20H,10H2,1-3H3,(H,21,22)/b9-4+,20-13?. The Labute approximate surface area is 173 Å². The van der Waals surface area contributed by atoms with Crippen molar-refractivity contribution in [3.8, 4) is 0 Å². The normalized spacial score (nSPS) is 12.7. The molecular formula is C16H19Cl3N2O5S. The zero-order valence-electron chi connectivity index (χ0n) is 14.8. The average Bonchev–Trinajstić information content (AvgIpc) is 2.49. The number of carbonyl (C=O) groups excluding carboxylic acids is 1. The molecule has 0 bridgehead atoms. The Morgan fingerprint density at radius 3 is 2.30 bits per heavy atom. The lowest BCUT2D eigenvalue weighted by Gasteiger charge is -2.21. The molecule has 0 unspecified atom stereocenters. The summed E-state index contributed by atoms with van der Waals surface area (Å²) in [5.41, 5.74) is -0.272. The van der Waals surface area contributed by atoms with Crippen LogP contribution in [0.4, 0.5) is 4.79 Å². The van der Waals surface area contributed by atoms with Crippen LogP contribution in [0, 0.1) is 12.3 Å². The number of benzene rings is 1. The van der Waals surface area contributed by atoms with Gasteiger partial charge in [0.05, 0.1) is 4.90 Å². The van der Waals surface area contributed by atoms with E-state index in [1.165, 1.54) is 38.1 Å². The van der Waals surface area contributed by atoms with Crippen LogP contribution in [-0.4, -0.2) is 36.4 Å². The topological polar surface area (TPSA) is 106 Å². The Balaban J connectivity index is 2.62. The van der Waals surface area contributed by atoms with Crippen molar-refractivity contribution in [2.75, 3.05) is 6.61 Å². The van der Waals surface area contributed by atoms with Gasteiger partial charge < -0.3 is 9.47 Å². The molecule has 2 N–H and O–H groups in total. The number of sulfonamides is 1. The first-order valence-corrected chi connectivity index (χ1v) is 10.1. The summed E-state index contributed by atoms with van der Waals surface area (Å²) in [5, 5.41) is 7.37. The molecule has 11 heteroatoms. The fraction of sp³-hybridized carbons (Fsp3) is 0.375. The van der Waals surface area contributed by atoms with Gasteiger partial charge in [-0.05, 0) is 45.1 Å². The summed E-state index contributed by atoms with van der Waals surface area (Å²) in [6.45, 7) is 4.76. The van der Waals surface area contributed by atoms with Crippen molar-refractivity contribution in [2.45, 2.75) is 35.1 Å². The molecule has 1 rings (SSSR count). The third-order valence-corrected chi connectivity index (χ3v) is 4.85. The van der Waals surface area contributed by atoms with Crippen molar-refractivity contribution >= 4 is 56.8 Å². The van der Waals surface area contributed by atoms with Crippen LogP contribution in [0.3, 0.4) is 0 Å². The number of rotatable bonds is 6. The first-order chi connectivity index (χ1) is 12.2. The quantitative estimate of drug-likeness (QED) is 0.289. The zero-order valence-corrected chi connectivity index (χ0v) is 17.8. The molecule has 0 spiro atoms. The highest BCUT2D eigenvalue weighted by molar-refractivity contribution is 7.90. The van der Waals surface area contributed by atoms with E-state index >= 15 is 0 Å². The van der Waals surface area contributed by atoms with Crippen molar-refractivity contribution in [1.29, 1.82) is 5.41 Å². The molecule has 1 aromatic rings. The van der Waals surface area contributed by atoms with E-state index in [4.69, 9.17) is 49.7 Å². The number of hydrogen-bond donors (Lipinski definition) is 2. The third-order valence-electron chi connectivity index (χ3n) is 3.01. The lowest BCUT2D eigenvalue weighted by Crippen LogP contribution is -2.37. The van der Waals surface area contributed by atoms with Crippen molar-refractivity contribution in [2.24, 2.45) is 0 Å². The van der Waals surface area contributed by atoms with E-state index in [2.05, 4.69) is 0 Å². The van der Waals surface area contributed by atoms with Crippen molar-refractivity contribution in [3.63, 3.8) is 0 Å². The highest BCUT2D eigenvalue weighted by Gasteiger charge is 2.28. The van der Waals surface area contributed by atoms with E-state index in [1.807, 2.05) is 11.6 Å². The molecule has 0 saturated heterocycles. The molecule has 0 heterocycles. The SMILES string of the molecule is Cc1ccc(S(=O)(=O)NC(=O)OC(C)(C)/C=C/COC(=N)C(Cl)(Cl)Cl)cc1. The minimum absolute atomic E-state index is 0.0583. The van der Waals surface area contributed by atoms with Crippen LogP contribution in [-0.2, 0) is 19.5 Å². The predicted molar refractivity (Wildman–Crippen MR) is 105 cm³/mol. The average molecular weight is 458 g/mol. The summed E-state index contributed by atoms with van der Waals surface area (Å²) >= 11 is 16.4. The summed E-state index contributed by atoms with van der Waals surface area (Å²) in [5.74, 6) is -0.558. The number of alkyl halides is 3. The van der Waals surface area contributed by atoms with E-state index in [0.717, 1.165) is 5.56 Å². The third kappa shape index (κ3) is 8.38. The van der Waals surface area contributed by atoms with Crippen molar-refractivity contribution in [3.05, 3.63) is 42.0 Å². The van der Waals surface area contributed by atoms with Crippen LogP contribution in [0.15, 0.2) is 41.3 Å². The number of carbonyl (C=O) groups is 1. The second-order valence-electron chi connectivity index (χ2n) is 5.95. The summed E-state index contributed by atoms with van der Waals surface area (Å²) < 4.78 is 34.2. The monoisotopic (exact) mass is 456 g/mol. The zero-order chi connectivity index (χ0) is 20.9. The number of halogens is 3. The Kier molecular flexibility index (Phi) is 7.98. The minimum atomic E-state index is -4.05. The van der Waals surface area contributed by atoms with Crippen LogP contribution in [0.25, 0.3) is 0 Å². The molecule has 150 valence electrons. The van der Waals surface area contributed by atoms with Gasteiger partial charge in [-0.25, -0.2) is 17.9 Å². The van der Waals surface area contributed by atoms with E-state index < -0.39 is 31.4 Å². The smallest absolute Gasteiger partial charge is 0.422 e. The second-order valence-corrected chi connectivity index (χ2v) is 9.92. The van der Waals surface area contributed by atoms with E-state index in [1.54, 1.807) is 12.1 Å². The van der Waals surface area contributed by atoms with Gasteiger partial charge in [0.15, 0.2) is 0 Å². The Hall–Kier alpha value is -1.48. The van der Waals surface area contributed by atoms with Gasteiger partial charge in [0.2, 0.25) is 5.90 Å². The van der Waals surface area contributed by atoms with Crippen molar-refractivity contribution < 1.29 is 22.7 Å². The number of hydrogen-bond acceptors (Lipinski definition) is 6. The molecular weight excluding hydrogens is 439 g/mol. The van der Waals surface area contributed by atoms with E-state index in [9.17, 15) is 13.2 Å². The van der Waals surface area contributed by atoms with Crippen LogP contribution < -0.4 is 4.72 Å². The summed E-state index contributed by atoms with van der Waals surface area (Å²) in [7, 11) is -4.05. The Morgan fingerprint density at radius 2 is 1.78 bits per heavy atom. The number of nitrogens with one attached hydrogen (secondary N) is 2. The van der Waals surface area contributed by atoms with Gasteiger partial charge in [0.1, 0.15) is 12.2 Å². The summed E-state index contributed by atoms with van der Waals surface area (Å²) in [6.07, 6.45) is 1.74. The van der Waals surface area contributed by atoms with Crippen LogP contribution in [0.5, 0.6) is 0 Å². The maximum Gasteiger partial charge on any atom is 0.422 e. The largest absolute Gasteiger partial charge is 0.474 e. The summed E-state index contributed by atoms with van der Waals surface area (Å²) in [6, 6.07) is 5.99. The van der Waals surface area contributed by atoms with Gasteiger partial charge in [-0.1, -0.05) is 52.5 Å². The van der Waals surface area contributed by atoms with Crippen molar-refractivity contribution in [1.82, 2.24) is 4.72 Å². The molecule has 1 amide bonds. The lowest BCUT2D eigenvalue weighted by atomic mass is 10.1. The van der Waals surface area contributed by atoms with Gasteiger partial charge in [-0.2, -0.15) is 0 Å². The molecule has 0 radical (unpaired) electrons. The number of amides is 1. The lowest BCUT2D eigenvalue weighted by molar-refractivity contribution is 0.0764. The van der Waals surface area contributed by atoms with Gasteiger partial charge in [-0.15, -0.1) is 0 Å². The number of ether oxygens (including phenoxy) is 2. The van der Waals surface area contributed by atoms with E-state index in [0.29, 0.717) is 0 Å². The Morgan fingerprint density at radius 1 is 1.22 bits per heavy atom. The highest BCUT2D eigenvalue weighted by atomic mass is 35.6. The molecule has 0 aliphatic heterocycles. The molecule has 0 fully saturated rings. The first-order valence-electron chi connectivity index (χ1n) is 7.52. The Bertz CT molecular complexity index is 815. The van der Waals surface area contributed by atoms with Gasteiger partial charge in [-0.3, -0.25) is 5.41 Å². The molecule has 0 atom stereocenters.